The van der Waals surface area contributed by atoms with Gasteiger partial charge in [-0.25, -0.2) is 4.39 Å². The zero-order valence-electron chi connectivity index (χ0n) is 8.83. The molecule has 0 bridgehead atoms. The quantitative estimate of drug-likeness (QED) is 0.438. The molecule has 0 aliphatic rings. The predicted molar refractivity (Wildman–Crippen MR) is 50.1 cm³/mol. The summed E-state index contributed by atoms with van der Waals surface area (Å²) < 4.78 is 38.7. The minimum Gasteiger partial charge on any atom is -0.396 e. The first-order chi connectivity index (χ1) is 7.28. The highest BCUT2D eigenvalue weighted by Crippen LogP contribution is 1.98. The summed E-state index contributed by atoms with van der Waals surface area (Å²) in [6.07, 6.45) is -0.594. The van der Waals surface area contributed by atoms with Crippen molar-refractivity contribution in [2.24, 2.45) is 5.92 Å². The summed E-state index contributed by atoms with van der Waals surface area (Å²) in [5, 5.41) is 8.62. The molecule has 92 valence electrons. The van der Waals surface area contributed by atoms with Gasteiger partial charge in [-0.05, 0) is 0 Å². The number of alkyl halides is 2. The Hall–Kier alpha value is -0.300. The van der Waals surface area contributed by atoms with E-state index in [-0.39, 0.29) is 26.6 Å². The smallest absolute Gasteiger partial charge is 0.146 e. The van der Waals surface area contributed by atoms with Crippen LogP contribution in [-0.4, -0.2) is 58.3 Å². The molecule has 0 saturated carbocycles. The first-order valence-electron chi connectivity index (χ1n) is 4.69. The standard InChI is InChI=1S/C9H18F2O4/c1-13-9(3-11)6-15-7-14-5-8(2-10)4-12/h8-9,12H,2-7H2,1H3. The molecule has 0 fully saturated rings. The fourth-order valence-corrected chi connectivity index (χ4v) is 0.775. The molecule has 1 N–H and O–H groups in total. The zero-order chi connectivity index (χ0) is 11.5. The molecule has 15 heavy (non-hydrogen) atoms. The lowest BCUT2D eigenvalue weighted by Gasteiger charge is -2.13. The van der Waals surface area contributed by atoms with Gasteiger partial charge in [0.05, 0.1) is 26.5 Å². The van der Waals surface area contributed by atoms with Crippen molar-refractivity contribution in [1.29, 1.82) is 0 Å². The largest absolute Gasteiger partial charge is 0.396 e. The second kappa shape index (κ2) is 10.2. The molecule has 0 aromatic heterocycles. The van der Waals surface area contributed by atoms with Gasteiger partial charge in [-0.3, -0.25) is 4.39 Å². The minimum absolute atomic E-state index is 0.0592. The van der Waals surface area contributed by atoms with Crippen molar-refractivity contribution < 1.29 is 28.1 Å². The highest BCUT2D eigenvalue weighted by atomic mass is 19.1. The second-order valence-corrected chi connectivity index (χ2v) is 3.07. The highest BCUT2D eigenvalue weighted by molar-refractivity contribution is 4.53. The molecule has 0 heterocycles. The number of ether oxygens (including phenoxy) is 3. The van der Waals surface area contributed by atoms with Gasteiger partial charge in [0.25, 0.3) is 0 Å². The zero-order valence-corrected chi connectivity index (χ0v) is 8.83. The van der Waals surface area contributed by atoms with E-state index in [9.17, 15) is 8.78 Å². The molecule has 0 aromatic rings. The maximum absolute atomic E-state index is 12.1. The fraction of sp³-hybridized carbons (Fsp3) is 1.00. The number of hydrogen-bond donors (Lipinski definition) is 1. The summed E-state index contributed by atoms with van der Waals surface area (Å²) >= 11 is 0. The third-order valence-corrected chi connectivity index (χ3v) is 1.81. The molecule has 0 aliphatic carbocycles. The Morgan fingerprint density at radius 1 is 1.13 bits per heavy atom. The predicted octanol–water partition coefficient (Wildman–Crippen LogP) is 0.540. The minimum atomic E-state index is -0.637. The van der Waals surface area contributed by atoms with Crippen LogP contribution in [0.1, 0.15) is 0 Å². The summed E-state index contributed by atoms with van der Waals surface area (Å²) in [7, 11) is 1.39. The lowest BCUT2D eigenvalue weighted by Crippen LogP contribution is -2.22. The molecular formula is C9H18F2O4. The number of rotatable bonds is 10. The molecule has 0 spiro atoms. The van der Waals surface area contributed by atoms with Crippen molar-refractivity contribution in [1.82, 2.24) is 0 Å². The second-order valence-electron chi connectivity index (χ2n) is 3.07. The van der Waals surface area contributed by atoms with Gasteiger partial charge in [0.1, 0.15) is 19.6 Å². The van der Waals surface area contributed by atoms with Crippen LogP contribution in [0.4, 0.5) is 8.78 Å². The number of hydrogen-bond acceptors (Lipinski definition) is 4. The van der Waals surface area contributed by atoms with Gasteiger partial charge in [0.15, 0.2) is 0 Å². The van der Waals surface area contributed by atoms with Crippen LogP contribution in [0.15, 0.2) is 0 Å². The molecule has 0 amide bonds. The third kappa shape index (κ3) is 7.61. The molecule has 2 unspecified atom stereocenters. The first kappa shape index (κ1) is 14.7. The maximum atomic E-state index is 12.1. The van der Waals surface area contributed by atoms with Crippen LogP contribution in [0.3, 0.4) is 0 Å². The van der Waals surface area contributed by atoms with Crippen LogP contribution >= 0.6 is 0 Å². The molecule has 0 radical (unpaired) electrons. The van der Waals surface area contributed by atoms with Crippen LogP contribution in [0.25, 0.3) is 0 Å². The summed E-state index contributed by atoms with van der Waals surface area (Å²) in [4.78, 5) is 0. The average Bonchev–Trinajstić information content (AvgIpc) is 2.29. The van der Waals surface area contributed by atoms with Crippen molar-refractivity contribution in [2.75, 3.05) is 47.1 Å². The normalized spacial score (nSPS) is 15.2. The fourth-order valence-electron chi connectivity index (χ4n) is 0.775. The number of aliphatic hydroxyl groups is 1. The van der Waals surface area contributed by atoms with Crippen molar-refractivity contribution in [3.8, 4) is 0 Å². The van der Waals surface area contributed by atoms with E-state index in [1.165, 1.54) is 7.11 Å². The van der Waals surface area contributed by atoms with Gasteiger partial charge < -0.3 is 19.3 Å². The first-order valence-corrected chi connectivity index (χ1v) is 4.69. The molecular weight excluding hydrogens is 210 g/mol. The molecule has 0 aromatic carbocycles. The molecule has 2 atom stereocenters. The maximum Gasteiger partial charge on any atom is 0.146 e. The van der Waals surface area contributed by atoms with E-state index in [0.717, 1.165) is 0 Å². The van der Waals surface area contributed by atoms with Crippen LogP contribution in [0.5, 0.6) is 0 Å². The highest BCUT2D eigenvalue weighted by Gasteiger charge is 2.08. The molecule has 0 aliphatic heterocycles. The Morgan fingerprint density at radius 2 is 1.80 bits per heavy atom. The summed E-state index contributed by atoms with van der Waals surface area (Å²) in [5.74, 6) is -0.520. The van der Waals surface area contributed by atoms with Crippen molar-refractivity contribution in [2.45, 2.75) is 6.10 Å². The SMILES string of the molecule is COC(CF)COCOCC(CO)CF. The Morgan fingerprint density at radius 3 is 2.27 bits per heavy atom. The van der Waals surface area contributed by atoms with Crippen LogP contribution in [0, 0.1) is 5.92 Å². The number of halogens is 2. The van der Waals surface area contributed by atoms with Gasteiger partial charge >= 0.3 is 0 Å². The molecule has 0 saturated heterocycles. The summed E-state index contributed by atoms with van der Waals surface area (Å²) in [6.45, 7) is -1.41. The topological polar surface area (TPSA) is 47.9 Å². The van der Waals surface area contributed by atoms with Crippen LogP contribution < -0.4 is 0 Å². The van der Waals surface area contributed by atoms with Crippen molar-refractivity contribution >= 4 is 0 Å². The van der Waals surface area contributed by atoms with E-state index < -0.39 is 25.4 Å². The van der Waals surface area contributed by atoms with E-state index in [0.29, 0.717) is 0 Å². The molecule has 4 nitrogen and oxygen atoms in total. The Kier molecular flexibility index (Phi) is 10.0. The van der Waals surface area contributed by atoms with Gasteiger partial charge in [-0.2, -0.15) is 0 Å². The lowest BCUT2D eigenvalue weighted by atomic mass is 10.2. The Bertz CT molecular complexity index is 115. The van der Waals surface area contributed by atoms with Crippen LogP contribution in [0.2, 0.25) is 0 Å². The van der Waals surface area contributed by atoms with E-state index >= 15 is 0 Å². The van der Waals surface area contributed by atoms with Gasteiger partial charge in [-0.15, -0.1) is 0 Å². The van der Waals surface area contributed by atoms with Crippen molar-refractivity contribution in [3.63, 3.8) is 0 Å². The van der Waals surface area contributed by atoms with E-state index in [2.05, 4.69) is 0 Å². The number of methoxy groups -OCH3 is 1. The monoisotopic (exact) mass is 228 g/mol. The summed E-state index contributed by atoms with van der Waals surface area (Å²) in [6, 6.07) is 0. The van der Waals surface area contributed by atoms with E-state index in [1.54, 1.807) is 0 Å². The lowest BCUT2D eigenvalue weighted by molar-refractivity contribution is -0.0990. The van der Waals surface area contributed by atoms with Gasteiger partial charge in [0.2, 0.25) is 0 Å². The van der Waals surface area contributed by atoms with E-state index in [1.807, 2.05) is 0 Å². The number of aliphatic hydroxyl groups excluding tert-OH is 1. The van der Waals surface area contributed by atoms with Crippen molar-refractivity contribution in [3.05, 3.63) is 0 Å². The van der Waals surface area contributed by atoms with E-state index in [4.69, 9.17) is 19.3 Å². The van der Waals surface area contributed by atoms with Gasteiger partial charge in [-0.1, -0.05) is 0 Å². The average molecular weight is 228 g/mol. The molecule has 6 heteroatoms. The molecule has 0 rings (SSSR count). The van der Waals surface area contributed by atoms with Crippen LogP contribution in [-0.2, 0) is 14.2 Å². The Labute approximate surface area is 88.1 Å². The van der Waals surface area contributed by atoms with Gasteiger partial charge in [0, 0.05) is 13.0 Å². The summed E-state index contributed by atoms with van der Waals surface area (Å²) in [5.41, 5.74) is 0. The third-order valence-electron chi connectivity index (χ3n) is 1.81. The Balaban J connectivity index is 3.30.